The molecule has 0 aromatic carbocycles. The number of allylic oxidation sites excluding steroid dienone is 1. The Hall–Kier alpha value is -0.860. The zero-order valence-electron chi connectivity index (χ0n) is 10.0. The predicted octanol–water partition coefficient (Wildman–Crippen LogP) is 3.06. The van der Waals surface area contributed by atoms with Gasteiger partial charge in [-0.05, 0) is 60.9 Å². The van der Waals surface area contributed by atoms with Crippen LogP contribution >= 0.6 is 11.6 Å². The lowest BCUT2D eigenvalue weighted by Gasteiger charge is -2.25. The van der Waals surface area contributed by atoms with Crippen molar-refractivity contribution in [3.05, 3.63) is 34.6 Å². The predicted molar refractivity (Wildman–Crippen MR) is 71.0 cm³/mol. The van der Waals surface area contributed by atoms with Gasteiger partial charge in [0.2, 0.25) is 0 Å². The summed E-state index contributed by atoms with van der Waals surface area (Å²) in [5.41, 5.74) is 3.77. The molecule has 1 aliphatic carbocycles. The van der Waals surface area contributed by atoms with E-state index in [4.69, 9.17) is 11.6 Å². The van der Waals surface area contributed by atoms with E-state index in [0.29, 0.717) is 5.15 Å². The van der Waals surface area contributed by atoms with Crippen LogP contribution in [-0.2, 0) is 0 Å². The second-order valence-electron chi connectivity index (χ2n) is 5.14. The van der Waals surface area contributed by atoms with Crippen molar-refractivity contribution in [2.45, 2.75) is 19.8 Å². The first-order valence-corrected chi connectivity index (χ1v) is 6.66. The molecule has 0 saturated carbocycles. The fourth-order valence-corrected chi connectivity index (χ4v) is 3.05. The van der Waals surface area contributed by atoms with Gasteiger partial charge in [0.05, 0.1) is 0 Å². The molecule has 2 nitrogen and oxygen atoms in total. The highest BCUT2D eigenvalue weighted by Crippen LogP contribution is 2.39. The average Bonchev–Trinajstić information content (AvgIpc) is 2.76. The largest absolute Gasteiger partial charge is 0.316 e. The minimum absolute atomic E-state index is 0.617. The van der Waals surface area contributed by atoms with Gasteiger partial charge < -0.3 is 5.32 Å². The van der Waals surface area contributed by atoms with Gasteiger partial charge in [-0.15, -0.1) is 0 Å². The Morgan fingerprint density at radius 1 is 1.47 bits per heavy atom. The minimum atomic E-state index is 0.617. The molecular formula is C14H17ClN2. The standard InChI is InChI=1S/C14H17ClN2/c1-9-4-12(8-17-14(9)15)11-5-10-2-3-16-7-13(10)6-11/h4,6,8,10,13,16H,2-3,5,7H2,1H3. The Bertz CT molecular complexity index is 467. The molecular weight excluding hydrogens is 232 g/mol. The minimum Gasteiger partial charge on any atom is -0.316 e. The van der Waals surface area contributed by atoms with Gasteiger partial charge in [-0.25, -0.2) is 4.98 Å². The van der Waals surface area contributed by atoms with E-state index in [9.17, 15) is 0 Å². The van der Waals surface area contributed by atoms with E-state index in [2.05, 4.69) is 22.4 Å². The van der Waals surface area contributed by atoms with E-state index < -0.39 is 0 Å². The zero-order chi connectivity index (χ0) is 11.8. The number of pyridine rings is 1. The van der Waals surface area contributed by atoms with Crippen molar-refractivity contribution < 1.29 is 0 Å². The molecule has 0 bridgehead atoms. The third-order valence-electron chi connectivity index (χ3n) is 3.96. The molecule has 1 fully saturated rings. The molecule has 0 spiro atoms. The van der Waals surface area contributed by atoms with Crippen molar-refractivity contribution in [2.24, 2.45) is 11.8 Å². The van der Waals surface area contributed by atoms with Crippen LogP contribution in [0.25, 0.3) is 5.57 Å². The van der Waals surface area contributed by atoms with Gasteiger partial charge in [-0.3, -0.25) is 0 Å². The number of fused-ring (bicyclic) bond motifs is 1. The molecule has 2 unspecified atom stereocenters. The van der Waals surface area contributed by atoms with Crippen molar-refractivity contribution in [2.75, 3.05) is 13.1 Å². The summed E-state index contributed by atoms with van der Waals surface area (Å²) in [4.78, 5) is 4.25. The van der Waals surface area contributed by atoms with Crippen molar-refractivity contribution in [1.82, 2.24) is 10.3 Å². The first kappa shape index (κ1) is 11.2. The molecule has 1 saturated heterocycles. The van der Waals surface area contributed by atoms with Crippen LogP contribution in [0.1, 0.15) is 24.0 Å². The maximum absolute atomic E-state index is 5.97. The van der Waals surface area contributed by atoms with Gasteiger partial charge in [0.1, 0.15) is 5.15 Å². The summed E-state index contributed by atoms with van der Waals surface area (Å²) in [6.45, 7) is 4.32. The monoisotopic (exact) mass is 248 g/mol. The molecule has 1 aromatic rings. The van der Waals surface area contributed by atoms with Gasteiger partial charge in [0, 0.05) is 12.7 Å². The van der Waals surface area contributed by atoms with E-state index in [-0.39, 0.29) is 0 Å². The van der Waals surface area contributed by atoms with Crippen LogP contribution in [0, 0.1) is 18.8 Å². The number of hydrogen-bond donors (Lipinski definition) is 1. The average molecular weight is 249 g/mol. The third kappa shape index (κ3) is 2.12. The highest BCUT2D eigenvalue weighted by atomic mass is 35.5. The number of piperidine rings is 1. The van der Waals surface area contributed by atoms with Gasteiger partial charge in [-0.1, -0.05) is 17.7 Å². The van der Waals surface area contributed by atoms with Gasteiger partial charge in [0.25, 0.3) is 0 Å². The Labute approximate surface area is 107 Å². The highest BCUT2D eigenvalue weighted by Gasteiger charge is 2.30. The van der Waals surface area contributed by atoms with E-state index in [1.54, 1.807) is 0 Å². The summed E-state index contributed by atoms with van der Waals surface area (Å²) < 4.78 is 0. The fraction of sp³-hybridized carbons (Fsp3) is 0.500. The topological polar surface area (TPSA) is 24.9 Å². The number of halogens is 1. The molecule has 3 rings (SSSR count). The number of aromatic nitrogens is 1. The summed E-state index contributed by atoms with van der Waals surface area (Å²) in [7, 11) is 0. The van der Waals surface area contributed by atoms with Crippen molar-refractivity contribution in [3.63, 3.8) is 0 Å². The highest BCUT2D eigenvalue weighted by molar-refractivity contribution is 6.30. The summed E-state index contributed by atoms with van der Waals surface area (Å²) >= 11 is 5.97. The number of nitrogens with zero attached hydrogens (tertiary/aromatic N) is 1. The normalized spacial score (nSPS) is 27.8. The molecule has 2 heterocycles. The molecule has 1 aliphatic heterocycles. The van der Waals surface area contributed by atoms with Crippen LogP contribution in [0.2, 0.25) is 5.15 Å². The van der Waals surface area contributed by atoms with Gasteiger partial charge >= 0.3 is 0 Å². The first-order chi connectivity index (χ1) is 8.24. The lowest BCUT2D eigenvalue weighted by molar-refractivity contribution is 0.323. The van der Waals surface area contributed by atoms with Gasteiger partial charge in [-0.2, -0.15) is 0 Å². The molecule has 1 N–H and O–H groups in total. The van der Waals surface area contributed by atoms with Crippen LogP contribution in [-0.4, -0.2) is 18.1 Å². The molecule has 3 heteroatoms. The van der Waals surface area contributed by atoms with Crippen LogP contribution in [0.5, 0.6) is 0 Å². The summed E-state index contributed by atoms with van der Waals surface area (Å²) in [5.74, 6) is 1.55. The van der Waals surface area contributed by atoms with Crippen LogP contribution < -0.4 is 5.32 Å². The third-order valence-corrected chi connectivity index (χ3v) is 4.36. The Morgan fingerprint density at radius 2 is 2.35 bits per heavy atom. The zero-order valence-corrected chi connectivity index (χ0v) is 10.8. The van der Waals surface area contributed by atoms with E-state index in [1.165, 1.54) is 30.5 Å². The first-order valence-electron chi connectivity index (χ1n) is 6.28. The Morgan fingerprint density at radius 3 is 3.12 bits per heavy atom. The lowest BCUT2D eigenvalue weighted by atomic mass is 9.89. The maximum Gasteiger partial charge on any atom is 0.131 e. The van der Waals surface area contributed by atoms with Gasteiger partial charge in [0.15, 0.2) is 0 Å². The van der Waals surface area contributed by atoms with Crippen molar-refractivity contribution in [3.8, 4) is 0 Å². The van der Waals surface area contributed by atoms with Crippen molar-refractivity contribution in [1.29, 1.82) is 0 Å². The quantitative estimate of drug-likeness (QED) is 0.773. The maximum atomic E-state index is 5.97. The molecule has 2 atom stereocenters. The number of rotatable bonds is 1. The second-order valence-corrected chi connectivity index (χ2v) is 5.50. The van der Waals surface area contributed by atoms with Crippen LogP contribution in [0.15, 0.2) is 18.3 Å². The molecule has 2 aliphatic rings. The molecule has 0 radical (unpaired) electrons. The Balaban J connectivity index is 1.87. The number of nitrogens with one attached hydrogen (secondary N) is 1. The van der Waals surface area contributed by atoms with E-state index >= 15 is 0 Å². The molecule has 17 heavy (non-hydrogen) atoms. The summed E-state index contributed by atoms with van der Waals surface area (Å²) in [5, 5.41) is 4.08. The van der Waals surface area contributed by atoms with Crippen LogP contribution in [0.4, 0.5) is 0 Å². The number of aryl methyl sites for hydroxylation is 1. The fourth-order valence-electron chi connectivity index (χ4n) is 2.94. The SMILES string of the molecule is Cc1cc(C2=CC3CNCCC3C2)cnc1Cl. The summed E-state index contributed by atoms with van der Waals surface area (Å²) in [6, 6.07) is 2.16. The molecule has 90 valence electrons. The Kier molecular flexibility index (Phi) is 2.93. The van der Waals surface area contributed by atoms with Crippen LogP contribution in [0.3, 0.4) is 0 Å². The smallest absolute Gasteiger partial charge is 0.131 e. The lowest BCUT2D eigenvalue weighted by Crippen LogP contribution is -2.33. The molecule has 0 amide bonds. The molecule has 1 aromatic heterocycles. The van der Waals surface area contributed by atoms with E-state index in [0.717, 1.165) is 23.9 Å². The second kappa shape index (κ2) is 4.43. The van der Waals surface area contributed by atoms with E-state index in [1.807, 2.05) is 13.1 Å². The number of hydrogen-bond acceptors (Lipinski definition) is 2. The van der Waals surface area contributed by atoms with Crippen molar-refractivity contribution >= 4 is 17.2 Å². The summed E-state index contributed by atoms with van der Waals surface area (Å²) in [6.07, 6.45) is 6.84.